The summed E-state index contributed by atoms with van der Waals surface area (Å²) in [6, 6.07) is 0. The second-order valence-corrected chi connectivity index (χ2v) is 0.643. The first-order valence-corrected chi connectivity index (χ1v) is 1.64. The number of hydrogen-bond acceptors (Lipinski definition) is 2. The van der Waals surface area contributed by atoms with Crippen molar-refractivity contribution in [3.63, 3.8) is 0 Å². The second-order valence-electron chi connectivity index (χ2n) is 0.0714. The molecule has 0 amide bonds. The summed E-state index contributed by atoms with van der Waals surface area (Å²) >= 11 is 12.7. The molecule has 0 bridgehead atoms. The maximum Gasteiger partial charge on any atom is 0.0579 e. The highest BCUT2D eigenvalue weighted by Crippen LogP contribution is 1.57. The first-order chi connectivity index (χ1) is 2.41. The predicted molar refractivity (Wildman–Crippen MR) is 22.9 cm³/mol. The van der Waals surface area contributed by atoms with Crippen LogP contribution in [0.4, 0.5) is 0 Å². The van der Waals surface area contributed by atoms with Crippen LogP contribution in [0.2, 0.25) is 0 Å². The zero-order valence-electron chi connectivity index (χ0n) is 2.08. The Hall–Kier alpha value is 0.790. The summed E-state index contributed by atoms with van der Waals surface area (Å²) in [6.07, 6.45) is 0. The van der Waals surface area contributed by atoms with Crippen LogP contribution in [-0.4, -0.2) is 4.66 Å². The van der Waals surface area contributed by atoms with E-state index < -0.39 is 0 Å². The molecule has 2 nitrogen and oxygen atoms in total. The van der Waals surface area contributed by atoms with Crippen molar-refractivity contribution in [3.8, 4) is 0 Å². The van der Waals surface area contributed by atoms with E-state index in [2.05, 4.69) is 35.4 Å². The highest BCUT2D eigenvalue weighted by Gasteiger charge is 1.34. The van der Waals surface area contributed by atoms with E-state index >= 15 is 0 Å². The largest absolute Gasteiger partial charge is 0.295 e. The standard InChI is InChI=1S/Cl2HN.ClHO/c1-3-2;1-2/h3H;2H. The third-order valence-corrected chi connectivity index (χ3v) is 0. The van der Waals surface area contributed by atoms with Crippen molar-refractivity contribution < 1.29 is 4.66 Å². The second kappa shape index (κ2) is 21.5. The van der Waals surface area contributed by atoms with Crippen molar-refractivity contribution in [1.82, 2.24) is 4.35 Å². The van der Waals surface area contributed by atoms with Crippen LogP contribution in [0.25, 0.3) is 0 Å². The van der Waals surface area contributed by atoms with E-state index in [4.69, 9.17) is 4.66 Å². The molecule has 0 aromatic carbocycles. The van der Waals surface area contributed by atoms with Crippen LogP contribution < -0.4 is 4.35 Å². The van der Waals surface area contributed by atoms with Gasteiger partial charge >= 0.3 is 0 Å². The van der Waals surface area contributed by atoms with Crippen molar-refractivity contribution in [2.75, 3.05) is 0 Å². The molecule has 0 atom stereocenters. The zero-order valence-corrected chi connectivity index (χ0v) is 4.35. The number of nitrogens with one attached hydrogen (secondary N) is 1. The van der Waals surface area contributed by atoms with E-state index in [9.17, 15) is 0 Å². The quantitative estimate of drug-likeness (QED) is 0.490. The number of rotatable bonds is 0. The average Bonchev–Trinajstić information content (AvgIpc) is 1.46. The lowest BCUT2D eigenvalue weighted by atomic mass is 13.9. The van der Waals surface area contributed by atoms with Crippen LogP contribution in [0.15, 0.2) is 0 Å². The molecule has 0 aromatic rings. The number of halogens is 3. The third kappa shape index (κ3) is 59.7. The molecule has 0 aliphatic carbocycles. The topological polar surface area (TPSA) is 32.3 Å². The maximum atomic E-state index is 6.47. The van der Waals surface area contributed by atoms with E-state index in [1.165, 1.54) is 0 Å². The molecular formula is H2Cl3NO. The molecule has 0 saturated carbocycles. The Morgan fingerprint density at radius 1 is 1.20 bits per heavy atom. The Bertz CT molecular complexity index is 6.85. The van der Waals surface area contributed by atoms with Gasteiger partial charge in [-0.3, -0.25) is 4.66 Å². The van der Waals surface area contributed by atoms with Gasteiger partial charge in [-0.25, -0.2) is 0 Å². The van der Waals surface area contributed by atoms with Gasteiger partial charge in [0.2, 0.25) is 0 Å². The summed E-state index contributed by atoms with van der Waals surface area (Å²) < 4.78 is 8.17. The van der Waals surface area contributed by atoms with Gasteiger partial charge in [0.1, 0.15) is 0 Å². The SMILES string of the molecule is ClNCl.OCl. The van der Waals surface area contributed by atoms with Crippen LogP contribution >= 0.6 is 35.4 Å². The van der Waals surface area contributed by atoms with Crippen molar-refractivity contribution in [3.05, 3.63) is 0 Å². The lowest BCUT2D eigenvalue weighted by Crippen LogP contribution is -1.59. The van der Waals surface area contributed by atoms with Crippen LogP contribution in [-0.2, 0) is 0 Å². The van der Waals surface area contributed by atoms with E-state index in [0.29, 0.717) is 0 Å². The summed E-state index contributed by atoms with van der Waals surface area (Å²) in [5, 5.41) is 0. The zero-order chi connectivity index (χ0) is 4.71. The van der Waals surface area contributed by atoms with E-state index in [1.807, 2.05) is 0 Å². The monoisotopic (exact) mass is 137 g/mol. The fraction of sp³-hybridized carbons (Fsp3) is 0. The smallest absolute Gasteiger partial charge is 0.0579 e. The predicted octanol–water partition coefficient (Wildman–Crippen LogP) is 1.02. The summed E-state index contributed by atoms with van der Waals surface area (Å²) in [7, 11) is 0. The van der Waals surface area contributed by atoms with Gasteiger partial charge in [0.25, 0.3) is 0 Å². The molecule has 0 aliphatic heterocycles. The molecule has 0 aliphatic rings. The number of hydrogen-bond donors (Lipinski definition) is 2. The van der Waals surface area contributed by atoms with Gasteiger partial charge in [-0.2, -0.15) is 0 Å². The fourth-order valence-electron chi connectivity index (χ4n) is 0. The average molecular weight is 138 g/mol. The van der Waals surface area contributed by atoms with Gasteiger partial charge in [0, 0.05) is 0 Å². The molecule has 2 N–H and O–H groups in total. The summed E-state index contributed by atoms with van der Waals surface area (Å²) in [6.45, 7) is 0. The van der Waals surface area contributed by atoms with Crippen LogP contribution in [0, 0.1) is 0 Å². The molecule has 0 spiro atoms. The molecule has 0 fully saturated rings. The molecule has 34 valence electrons. The van der Waals surface area contributed by atoms with Crippen molar-refractivity contribution in [1.29, 1.82) is 0 Å². The first kappa shape index (κ1) is 9.25. The molecule has 0 heterocycles. The van der Waals surface area contributed by atoms with Gasteiger partial charge in [0.05, 0.1) is 11.9 Å². The third-order valence-electron chi connectivity index (χ3n) is 0. The Morgan fingerprint density at radius 3 is 1.20 bits per heavy atom. The van der Waals surface area contributed by atoms with E-state index in [-0.39, 0.29) is 0 Å². The summed E-state index contributed by atoms with van der Waals surface area (Å²) in [5.74, 6) is 0. The minimum Gasteiger partial charge on any atom is -0.295 e. The minimum absolute atomic E-state index is 1.69. The normalized spacial score (nSPS) is 4.80. The molecule has 5 heavy (non-hydrogen) atoms. The lowest BCUT2D eigenvalue weighted by molar-refractivity contribution is 0.632. The molecule has 5 heteroatoms. The highest BCUT2D eigenvalue weighted by atomic mass is 35.5. The van der Waals surface area contributed by atoms with Gasteiger partial charge in [0.15, 0.2) is 0 Å². The maximum absolute atomic E-state index is 6.47. The molecule has 0 aromatic heterocycles. The van der Waals surface area contributed by atoms with E-state index in [1.54, 1.807) is 4.35 Å². The molecule has 0 unspecified atom stereocenters. The summed E-state index contributed by atoms with van der Waals surface area (Å²) in [4.78, 5) is 0. The lowest BCUT2D eigenvalue weighted by Gasteiger charge is -1.49. The van der Waals surface area contributed by atoms with Gasteiger partial charge in [-0.1, -0.05) is 0 Å². The molecule has 0 rings (SSSR count). The van der Waals surface area contributed by atoms with Gasteiger partial charge in [-0.15, -0.1) is 4.35 Å². The molecular weight excluding hydrogens is 136 g/mol. The van der Waals surface area contributed by atoms with Crippen molar-refractivity contribution >= 4 is 35.4 Å². The van der Waals surface area contributed by atoms with E-state index in [0.717, 1.165) is 0 Å². The van der Waals surface area contributed by atoms with Crippen LogP contribution in [0.3, 0.4) is 0 Å². The Kier molecular flexibility index (Phi) is 39.7. The van der Waals surface area contributed by atoms with Crippen LogP contribution in [0.5, 0.6) is 0 Å². The minimum atomic E-state index is 1.69. The Labute approximate surface area is 45.0 Å². The summed E-state index contributed by atoms with van der Waals surface area (Å²) in [5.41, 5.74) is 0. The van der Waals surface area contributed by atoms with Crippen molar-refractivity contribution in [2.24, 2.45) is 0 Å². The van der Waals surface area contributed by atoms with Crippen molar-refractivity contribution in [2.45, 2.75) is 0 Å². The Balaban J connectivity index is 0. The fourth-order valence-corrected chi connectivity index (χ4v) is 0. The van der Waals surface area contributed by atoms with Gasteiger partial charge < -0.3 is 0 Å². The van der Waals surface area contributed by atoms with Crippen LogP contribution in [0.1, 0.15) is 0 Å². The van der Waals surface area contributed by atoms with Gasteiger partial charge in [-0.05, 0) is 23.6 Å². The molecule has 0 radical (unpaired) electrons. The molecule has 0 saturated heterocycles. The first-order valence-electron chi connectivity index (χ1n) is 0.547. The highest BCUT2D eigenvalue weighted by molar-refractivity contribution is 6.33. The Morgan fingerprint density at radius 2 is 1.20 bits per heavy atom.